The van der Waals surface area contributed by atoms with Gasteiger partial charge in [-0.3, -0.25) is 5.14 Å². The van der Waals surface area contributed by atoms with Crippen LogP contribution in [-0.4, -0.2) is 5.11 Å². The zero-order valence-corrected chi connectivity index (χ0v) is 11.8. The van der Waals surface area contributed by atoms with E-state index in [2.05, 4.69) is 0 Å². The Morgan fingerprint density at radius 2 is 1.90 bits per heavy atom. The van der Waals surface area contributed by atoms with Gasteiger partial charge in [0, 0.05) is 34.2 Å². The summed E-state index contributed by atoms with van der Waals surface area (Å²) in [6, 6.07) is 6.46. The number of aliphatic hydroxyl groups excluding tert-OH is 1. The van der Waals surface area contributed by atoms with Crippen molar-refractivity contribution in [1.82, 2.24) is 0 Å². The number of rotatable bonds is 3. The van der Waals surface area contributed by atoms with Gasteiger partial charge in [-0.2, -0.15) is 0 Å². The van der Waals surface area contributed by atoms with Crippen LogP contribution in [0.1, 0.15) is 23.7 Å². The lowest BCUT2D eigenvalue weighted by Crippen LogP contribution is -1.98. The SMILES string of the molecule is NSc1ccc(Oc2cc(F)cc(F)c2)c2c1C(O)CC2. The van der Waals surface area contributed by atoms with Crippen molar-refractivity contribution in [3.63, 3.8) is 0 Å². The van der Waals surface area contributed by atoms with Gasteiger partial charge in [-0.1, -0.05) is 0 Å². The van der Waals surface area contributed by atoms with Gasteiger partial charge in [0.2, 0.25) is 0 Å². The molecule has 1 atom stereocenters. The second-order valence-corrected chi connectivity index (χ2v) is 5.51. The van der Waals surface area contributed by atoms with Crippen molar-refractivity contribution in [3.05, 3.63) is 53.1 Å². The Balaban J connectivity index is 2.00. The zero-order chi connectivity index (χ0) is 15.0. The molecule has 21 heavy (non-hydrogen) atoms. The second-order valence-electron chi connectivity index (χ2n) is 4.83. The van der Waals surface area contributed by atoms with Gasteiger partial charge in [0.25, 0.3) is 0 Å². The molecule has 0 amide bonds. The first-order chi connectivity index (χ1) is 10.1. The second kappa shape index (κ2) is 5.63. The van der Waals surface area contributed by atoms with Gasteiger partial charge in [-0.05, 0) is 36.9 Å². The lowest BCUT2D eigenvalue weighted by atomic mass is 10.1. The number of halogens is 2. The summed E-state index contributed by atoms with van der Waals surface area (Å²) in [6.07, 6.45) is 0.637. The molecule has 0 radical (unpaired) electrons. The van der Waals surface area contributed by atoms with Crippen LogP contribution in [0, 0.1) is 11.6 Å². The highest BCUT2D eigenvalue weighted by Gasteiger charge is 2.27. The van der Waals surface area contributed by atoms with E-state index in [-0.39, 0.29) is 5.75 Å². The lowest BCUT2D eigenvalue weighted by Gasteiger charge is -2.14. The Hall–Kier alpha value is -1.63. The topological polar surface area (TPSA) is 55.5 Å². The summed E-state index contributed by atoms with van der Waals surface area (Å²) in [6.45, 7) is 0. The van der Waals surface area contributed by atoms with Gasteiger partial charge in [-0.25, -0.2) is 8.78 Å². The van der Waals surface area contributed by atoms with Crippen molar-refractivity contribution in [1.29, 1.82) is 0 Å². The van der Waals surface area contributed by atoms with Gasteiger partial charge < -0.3 is 9.84 Å². The number of hydrogen-bond donors (Lipinski definition) is 2. The van der Waals surface area contributed by atoms with Crippen LogP contribution < -0.4 is 9.88 Å². The molecule has 1 aliphatic rings. The number of benzene rings is 2. The molecule has 110 valence electrons. The van der Waals surface area contributed by atoms with Gasteiger partial charge in [-0.15, -0.1) is 0 Å². The van der Waals surface area contributed by atoms with Crippen LogP contribution in [-0.2, 0) is 6.42 Å². The molecule has 0 fully saturated rings. The first-order valence-corrected chi connectivity index (χ1v) is 7.31. The molecule has 0 saturated carbocycles. The number of ether oxygens (including phenoxy) is 1. The van der Waals surface area contributed by atoms with E-state index in [1.807, 2.05) is 0 Å². The molecule has 3 N–H and O–H groups in total. The average molecular weight is 309 g/mol. The summed E-state index contributed by atoms with van der Waals surface area (Å²) in [5.41, 5.74) is 1.58. The Morgan fingerprint density at radius 3 is 2.57 bits per heavy atom. The standard InChI is InChI=1S/C15H13F2NO2S/c16-8-5-9(17)7-10(6-8)20-13-3-4-14(21-18)15-11(13)1-2-12(15)19/h3-7,12,19H,1-2,18H2. The molecule has 1 aliphatic carbocycles. The van der Waals surface area contributed by atoms with E-state index in [0.29, 0.717) is 18.6 Å². The van der Waals surface area contributed by atoms with Crippen LogP contribution in [0.2, 0.25) is 0 Å². The Labute approximate surface area is 124 Å². The van der Waals surface area contributed by atoms with Gasteiger partial charge >= 0.3 is 0 Å². The highest BCUT2D eigenvalue weighted by Crippen LogP contribution is 2.43. The molecule has 0 bridgehead atoms. The van der Waals surface area contributed by atoms with Crippen LogP contribution in [0.5, 0.6) is 11.5 Å². The van der Waals surface area contributed by atoms with Gasteiger partial charge in [0.1, 0.15) is 23.1 Å². The summed E-state index contributed by atoms with van der Waals surface area (Å²) in [4.78, 5) is 0.785. The molecule has 0 heterocycles. The third-order valence-corrected chi connectivity index (χ3v) is 4.08. The maximum absolute atomic E-state index is 13.2. The predicted molar refractivity (Wildman–Crippen MR) is 76.2 cm³/mol. The maximum atomic E-state index is 13.2. The van der Waals surface area contributed by atoms with E-state index in [1.54, 1.807) is 12.1 Å². The van der Waals surface area contributed by atoms with Crippen molar-refractivity contribution < 1.29 is 18.6 Å². The van der Waals surface area contributed by atoms with Crippen LogP contribution >= 0.6 is 11.9 Å². The Bertz CT molecular complexity index is 673. The third-order valence-electron chi connectivity index (χ3n) is 3.47. The van der Waals surface area contributed by atoms with E-state index < -0.39 is 17.7 Å². The van der Waals surface area contributed by atoms with E-state index in [1.165, 1.54) is 0 Å². The van der Waals surface area contributed by atoms with Crippen LogP contribution in [0.3, 0.4) is 0 Å². The summed E-state index contributed by atoms with van der Waals surface area (Å²) in [7, 11) is 0. The highest BCUT2D eigenvalue weighted by molar-refractivity contribution is 7.97. The van der Waals surface area contributed by atoms with Crippen molar-refractivity contribution in [2.24, 2.45) is 5.14 Å². The maximum Gasteiger partial charge on any atom is 0.133 e. The fraction of sp³-hybridized carbons (Fsp3) is 0.200. The van der Waals surface area contributed by atoms with Crippen molar-refractivity contribution in [2.45, 2.75) is 23.8 Å². The van der Waals surface area contributed by atoms with E-state index >= 15 is 0 Å². The largest absolute Gasteiger partial charge is 0.457 e. The van der Waals surface area contributed by atoms with Crippen LogP contribution in [0.4, 0.5) is 8.78 Å². The molecule has 6 heteroatoms. The molecule has 0 aliphatic heterocycles. The number of nitrogens with two attached hydrogens (primary N) is 1. The minimum absolute atomic E-state index is 0.0873. The Morgan fingerprint density at radius 1 is 1.19 bits per heavy atom. The summed E-state index contributed by atoms with van der Waals surface area (Å²) >= 11 is 1.06. The molecular weight excluding hydrogens is 296 g/mol. The Kier molecular flexibility index (Phi) is 3.84. The lowest BCUT2D eigenvalue weighted by molar-refractivity contribution is 0.177. The molecule has 0 saturated heterocycles. The summed E-state index contributed by atoms with van der Waals surface area (Å²) < 4.78 is 32.0. The minimum atomic E-state index is -0.698. The van der Waals surface area contributed by atoms with E-state index in [9.17, 15) is 13.9 Å². The predicted octanol–water partition coefficient (Wildman–Crippen LogP) is 3.70. The fourth-order valence-electron chi connectivity index (χ4n) is 2.58. The van der Waals surface area contributed by atoms with Crippen molar-refractivity contribution in [3.8, 4) is 11.5 Å². The number of aliphatic hydroxyl groups is 1. The third kappa shape index (κ3) is 2.74. The number of hydrogen-bond acceptors (Lipinski definition) is 4. The molecule has 0 aromatic heterocycles. The summed E-state index contributed by atoms with van der Waals surface area (Å²) in [5.74, 6) is -0.819. The highest BCUT2D eigenvalue weighted by atomic mass is 32.2. The van der Waals surface area contributed by atoms with Crippen molar-refractivity contribution >= 4 is 11.9 Å². The molecule has 0 spiro atoms. The number of fused-ring (bicyclic) bond motifs is 1. The van der Waals surface area contributed by atoms with E-state index in [4.69, 9.17) is 9.88 Å². The minimum Gasteiger partial charge on any atom is -0.457 e. The molecule has 2 aromatic carbocycles. The van der Waals surface area contributed by atoms with E-state index in [0.717, 1.165) is 46.2 Å². The molecule has 3 nitrogen and oxygen atoms in total. The first kappa shape index (κ1) is 14.3. The molecule has 3 rings (SSSR count). The summed E-state index contributed by atoms with van der Waals surface area (Å²) in [5, 5.41) is 15.6. The molecule has 1 unspecified atom stereocenters. The van der Waals surface area contributed by atoms with Crippen molar-refractivity contribution in [2.75, 3.05) is 0 Å². The first-order valence-electron chi connectivity index (χ1n) is 6.43. The quantitative estimate of drug-likeness (QED) is 0.849. The zero-order valence-electron chi connectivity index (χ0n) is 11.0. The molecular formula is C15H13F2NO2S. The van der Waals surface area contributed by atoms with Crippen LogP contribution in [0.15, 0.2) is 35.2 Å². The van der Waals surface area contributed by atoms with Gasteiger partial charge in [0.15, 0.2) is 0 Å². The normalized spacial score (nSPS) is 16.9. The monoisotopic (exact) mass is 309 g/mol. The smallest absolute Gasteiger partial charge is 0.133 e. The van der Waals surface area contributed by atoms with Crippen LogP contribution in [0.25, 0.3) is 0 Å². The molecule has 2 aromatic rings. The fourth-order valence-corrected chi connectivity index (χ4v) is 3.12. The average Bonchev–Trinajstić information content (AvgIpc) is 2.81. The van der Waals surface area contributed by atoms with Gasteiger partial charge in [0.05, 0.1) is 6.10 Å².